The van der Waals surface area contributed by atoms with Gasteiger partial charge in [0, 0.05) is 34.9 Å². The molecule has 9 N–H and O–H groups in total. The summed E-state index contributed by atoms with van der Waals surface area (Å²) in [4.78, 5) is 11.8. The molecule has 0 aliphatic heterocycles. The van der Waals surface area contributed by atoms with Gasteiger partial charge in [-0.3, -0.25) is 4.79 Å². The highest BCUT2D eigenvalue weighted by atomic mass is 16.1. The molecule has 0 radical (unpaired) electrons. The summed E-state index contributed by atoms with van der Waals surface area (Å²) in [6, 6.07) is 21.3. The standard InChI is InChI=1S/C13H13N3O.C7H10N2/c14-10-3-1-9(2-4-10)13(17)16-12-7-5-11(15)6-8-12;8-5-6-1-3-7(9)4-2-6/h1-8H,14-15H2,(H,16,17);1-4H,5,8-9H2. The Balaban J connectivity index is 0.000000228. The molecular formula is C20H23N5O. The molecule has 0 aromatic heterocycles. The topological polar surface area (TPSA) is 133 Å². The Morgan fingerprint density at radius 3 is 1.58 bits per heavy atom. The summed E-state index contributed by atoms with van der Waals surface area (Å²) in [7, 11) is 0. The lowest BCUT2D eigenvalue weighted by Gasteiger charge is -2.05. The number of rotatable bonds is 3. The number of carbonyl (C=O) groups excluding carboxylic acids is 1. The third kappa shape index (κ3) is 5.85. The first kappa shape index (κ1) is 18.8. The fraction of sp³-hybridized carbons (Fsp3) is 0.0500. The van der Waals surface area contributed by atoms with E-state index in [-0.39, 0.29) is 5.91 Å². The Morgan fingerprint density at radius 1 is 0.692 bits per heavy atom. The SMILES string of the molecule is NCc1ccc(N)cc1.Nc1ccc(NC(=O)c2ccc(N)cc2)cc1. The number of carbonyl (C=O) groups is 1. The minimum absolute atomic E-state index is 0.172. The highest BCUT2D eigenvalue weighted by Crippen LogP contribution is 2.13. The third-order valence-electron chi connectivity index (χ3n) is 3.56. The van der Waals surface area contributed by atoms with Crippen molar-refractivity contribution in [2.24, 2.45) is 5.73 Å². The average molecular weight is 349 g/mol. The normalized spacial score (nSPS) is 9.73. The lowest BCUT2D eigenvalue weighted by molar-refractivity contribution is 0.102. The van der Waals surface area contributed by atoms with Crippen LogP contribution in [0.15, 0.2) is 72.8 Å². The van der Waals surface area contributed by atoms with E-state index in [2.05, 4.69) is 5.32 Å². The second-order valence-electron chi connectivity index (χ2n) is 5.64. The van der Waals surface area contributed by atoms with E-state index >= 15 is 0 Å². The average Bonchev–Trinajstić information content (AvgIpc) is 2.65. The van der Waals surface area contributed by atoms with Gasteiger partial charge in [-0.1, -0.05) is 12.1 Å². The Bertz CT molecular complexity index is 828. The van der Waals surface area contributed by atoms with E-state index in [1.165, 1.54) is 0 Å². The van der Waals surface area contributed by atoms with Gasteiger partial charge in [-0.2, -0.15) is 0 Å². The van der Waals surface area contributed by atoms with Crippen LogP contribution in [0.1, 0.15) is 15.9 Å². The van der Waals surface area contributed by atoms with Gasteiger partial charge in [0.25, 0.3) is 5.91 Å². The molecule has 26 heavy (non-hydrogen) atoms. The van der Waals surface area contributed by atoms with Crippen LogP contribution in [0.4, 0.5) is 22.7 Å². The van der Waals surface area contributed by atoms with Crippen LogP contribution < -0.4 is 28.3 Å². The van der Waals surface area contributed by atoms with Gasteiger partial charge in [0.05, 0.1) is 0 Å². The van der Waals surface area contributed by atoms with E-state index < -0.39 is 0 Å². The summed E-state index contributed by atoms with van der Waals surface area (Å²) < 4.78 is 0. The molecule has 134 valence electrons. The smallest absolute Gasteiger partial charge is 0.255 e. The number of amides is 1. The molecule has 0 aliphatic carbocycles. The molecule has 0 heterocycles. The molecule has 0 bridgehead atoms. The van der Waals surface area contributed by atoms with Crippen LogP contribution in [-0.2, 0) is 6.54 Å². The molecule has 6 heteroatoms. The maximum atomic E-state index is 11.8. The first-order valence-corrected chi connectivity index (χ1v) is 8.05. The van der Waals surface area contributed by atoms with Crippen molar-refractivity contribution in [1.29, 1.82) is 0 Å². The highest BCUT2D eigenvalue weighted by molar-refractivity contribution is 6.04. The van der Waals surface area contributed by atoms with Crippen LogP contribution >= 0.6 is 0 Å². The number of anilines is 4. The van der Waals surface area contributed by atoms with E-state index in [0.29, 0.717) is 29.2 Å². The van der Waals surface area contributed by atoms with Crippen LogP contribution in [0.5, 0.6) is 0 Å². The maximum Gasteiger partial charge on any atom is 0.255 e. The molecule has 3 rings (SSSR count). The molecule has 0 saturated heterocycles. The Morgan fingerprint density at radius 2 is 1.12 bits per heavy atom. The van der Waals surface area contributed by atoms with E-state index in [9.17, 15) is 4.79 Å². The number of hydrogen-bond acceptors (Lipinski definition) is 5. The van der Waals surface area contributed by atoms with Gasteiger partial charge in [-0.25, -0.2) is 0 Å². The number of nitrogen functional groups attached to an aromatic ring is 3. The number of hydrogen-bond donors (Lipinski definition) is 5. The lowest BCUT2D eigenvalue weighted by atomic mass is 10.2. The van der Waals surface area contributed by atoms with E-state index in [4.69, 9.17) is 22.9 Å². The second-order valence-corrected chi connectivity index (χ2v) is 5.64. The molecule has 6 nitrogen and oxygen atoms in total. The van der Waals surface area contributed by atoms with Crippen molar-refractivity contribution in [3.05, 3.63) is 83.9 Å². The summed E-state index contributed by atoms with van der Waals surface area (Å²) in [5, 5.41) is 2.77. The fourth-order valence-corrected chi connectivity index (χ4v) is 2.06. The summed E-state index contributed by atoms with van der Waals surface area (Å²) in [5.41, 5.74) is 26.4. The van der Waals surface area contributed by atoms with E-state index in [0.717, 1.165) is 11.3 Å². The van der Waals surface area contributed by atoms with Gasteiger partial charge in [-0.05, 0) is 66.2 Å². The van der Waals surface area contributed by atoms with Crippen LogP contribution in [0.2, 0.25) is 0 Å². The van der Waals surface area contributed by atoms with E-state index in [1.54, 1.807) is 48.5 Å². The quantitative estimate of drug-likeness (QED) is 0.464. The molecule has 1 amide bonds. The number of nitrogens with two attached hydrogens (primary N) is 4. The molecular weight excluding hydrogens is 326 g/mol. The number of nitrogens with one attached hydrogen (secondary N) is 1. The van der Waals surface area contributed by atoms with Crippen LogP contribution in [0.3, 0.4) is 0 Å². The van der Waals surface area contributed by atoms with Crippen LogP contribution in [-0.4, -0.2) is 5.91 Å². The molecule has 0 unspecified atom stereocenters. The fourth-order valence-electron chi connectivity index (χ4n) is 2.06. The van der Waals surface area contributed by atoms with Crippen molar-refractivity contribution < 1.29 is 4.79 Å². The summed E-state index contributed by atoms with van der Waals surface area (Å²) in [6.07, 6.45) is 0. The highest BCUT2D eigenvalue weighted by Gasteiger charge is 2.05. The predicted molar refractivity (Wildman–Crippen MR) is 108 cm³/mol. The number of benzene rings is 3. The van der Waals surface area contributed by atoms with Crippen molar-refractivity contribution in [2.45, 2.75) is 6.54 Å². The molecule has 0 spiro atoms. The summed E-state index contributed by atoms with van der Waals surface area (Å²) in [5.74, 6) is -0.172. The molecule has 0 saturated carbocycles. The van der Waals surface area contributed by atoms with Gasteiger partial charge in [-0.15, -0.1) is 0 Å². The van der Waals surface area contributed by atoms with Gasteiger partial charge in [0.2, 0.25) is 0 Å². The van der Waals surface area contributed by atoms with Crippen LogP contribution in [0, 0.1) is 0 Å². The molecule has 0 atom stereocenters. The largest absolute Gasteiger partial charge is 0.399 e. The first-order valence-electron chi connectivity index (χ1n) is 8.05. The first-order chi connectivity index (χ1) is 12.5. The minimum Gasteiger partial charge on any atom is -0.399 e. The monoisotopic (exact) mass is 349 g/mol. The zero-order valence-electron chi connectivity index (χ0n) is 14.4. The minimum atomic E-state index is -0.172. The molecule has 3 aromatic carbocycles. The Kier molecular flexibility index (Phi) is 6.59. The van der Waals surface area contributed by atoms with Gasteiger partial charge in [0.15, 0.2) is 0 Å². The van der Waals surface area contributed by atoms with Gasteiger partial charge < -0.3 is 28.3 Å². The molecule has 3 aromatic rings. The lowest BCUT2D eigenvalue weighted by Crippen LogP contribution is -2.11. The predicted octanol–water partition coefficient (Wildman–Crippen LogP) is 2.83. The second kappa shape index (κ2) is 9.10. The van der Waals surface area contributed by atoms with Crippen molar-refractivity contribution >= 4 is 28.7 Å². The molecule has 0 aliphatic rings. The Labute approximate surface area is 152 Å². The van der Waals surface area contributed by atoms with Crippen molar-refractivity contribution in [3.63, 3.8) is 0 Å². The van der Waals surface area contributed by atoms with Gasteiger partial charge >= 0.3 is 0 Å². The zero-order valence-corrected chi connectivity index (χ0v) is 14.4. The van der Waals surface area contributed by atoms with Gasteiger partial charge in [0.1, 0.15) is 0 Å². The molecule has 0 fully saturated rings. The van der Waals surface area contributed by atoms with Crippen molar-refractivity contribution in [2.75, 3.05) is 22.5 Å². The third-order valence-corrected chi connectivity index (χ3v) is 3.56. The van der Waals surface area contributed by atoms with Crippen molar-refractivity contribution in [1.82, 2.24) is 0 Å². The maximum absolute atomic E-state index is 11.8. The van der Waals surface area contributed by atoms with E-state index in [1.807, 2.05) is 24.3 Å². The van der Waals surface area contributed by atoms with Crippen molar-refractivity contribution in [3.8, 4) is 0 Å². The Hall–Kier alpha value is -3.51. The zero-order chi connectivity index (χ0) is 18.9. The summed E-state index contributed by atoms with van der Waals surface area (Å²) in [6.45, 7) is 0.584. The summed E-state index contributed by atoms with van der Waals surface area (Å²) >= 11 is 0. The van der Waals surface area contributed by atoms with Crippen LogP contribution in [0.25, 0.3) is 0 Å².